The van der Waals surface area contributed by atoms with E-state index in [1.165, 1.54) is 11.8 Å². The fraction of sp³-hybridized carbons (Fsp3) is 0.286. The zero-order valence-corrected chi connectivity index (χ0v) is 14.0. The molecular formula is C14H14BrN3O2S. The van der Waals surface area contributed by atoms with Crippen LogP contribution in [0.1, 0.15) is 35.5 Å². The van der Waals surface area contributed by atoms with E-state index in [9.17, 15) is 9.90 Å². The number of rotatable bonds is 5. The molecule has 0 unspecified atom stereocenters. The standard InChI is InChI=1S/C14H14BrN3O2S/c1-3-9-10(4-2)17-18-13(12(9)14(19)20)21-11-6-5-8(15)7-16-11/h5-7H,3-4H2,1-2H3,(H,19,20). The molecule has 0 amide bonds. The van der Waals surface area contributed by atoms with Crippen LogP contribution in [0.25, 0.3) is 0 Å². The predicted octanol–water partition coefficient (Wildman–Crippen LogP) is 3.61. The molecule has 21 heavy (non-hydrogen) atoms. The Bertz CT molecular complexity index is 662. The summed E-state index contributed by atoms with van der Waals surface area (Å²) in [4.78, 5) is 15.8. The summed E-state index contributed by atoms with van der Waals surface area (Å²) >= 11 is 4.53. The molecule has 110 valence electrons. The number of hydrogen-bond acceptors (Lipinski definition) is 5. The lowest BCUT2D eigenvalue weighted by Crippen LogP contribution is -2.11. The highest BCUT2D eigenvalue weighted by Gasteiger charge is 2.21. The van der Waals surface area contributed by atoms with Gasteiger partial charge in [-0.1, -0.05) is 13.8 Å². The van der Waals surface area contributed by atoms with Gasteiger partial charge in [-0.3, -0.25) is 0 Å². The molecule has 0 bridgehead atoms. The number of pyridine rings is 1. The van der Waals surface area contributed by atoms with E-state index in [1.54, 1.807) is 12.3 Å². The Balaban J connectivity index is 2.48. The van der Waals surface area contributed by atoms with Crippen molar-refractivity contribution in [3.8, 4) is 0 Å². The van der Waals surface area contributed by atoms with Gasteiger partial charge in [-0.2, -0.15) is 5.10 Å². The summed E-state index contributed by atoms with van der Waals surface area (Å²) in [5.41, 5.74) is 1.72. The minimum atomic E-state index is -0.976. The van der Waals surface area contributed by atoms with E-state index in [4.69, 9.17) is 0 Å². The lowest BCUT2D eigenvalue weighted by molar-refractivity contribution is 0.0690. The molecule has 5 nitrogen and oxygen atoms in total. The zero-order chi connectivity index (χ0) is 15.4. The van der Waals surface area contributed by atoms with Gasteiger partial charge in [0.1, 0.15) is 10.1 Å². The summed E-state index contributed by atoms with van der Waals surface area (Å²) in [6.07, 6.45) is 2.94. The third-order valence-corrected chi connectivity index (χ3v) is 4.33. The van der Waals surface area contributed by atoms with Crippen LogP contribution < -0.4 is 0 Å². The van der Waals surface area contributed by atoms with Crippen molar-refractivity contribution in [1.82, 2.24) is 15.2 Å². The molecule has 0 atom stereocenters. The molecule has 0 aliphatic carbocycles. The van der Waals surface area contributed by atoms with Crippen LogP contribution in [0.5, 0.6) is 0 Å². The Morgan fingerprint density at radius 1 is 1.29 bits per heavy atom. The maximum absolute atomic E-state index is 11.6. The topological polar surface area (TPSA) is 76.0 Å². The third-order valence-electron chi connectivity index (χ3n) is 2.93. The number of aryl methyl sites for hydroxylation is 1. The summed E-state index contributed by atoms with van der Waals surface area (Å²) < 4.78 is 0.868. The smallest absolute Gasteiger partial charge is 0.338 e. The number of halogens is 1. The fourth-order valence-electron chi connectivity index (χ4n) is 1.97. The molecule has 1 N–H and O–H groups in total. The van der Waals surface area contributed by atoms with E-state index >= 15 is 0 Å². The van der Waals surface area contributed by atoms with Gasteiger partial charge >= 0.3 is 5.97 Å². The molecule has 0 fully saturated rings. The van der Waals surface area contributed by atoms with Crippen molar-refractivity contribution in [3.05, 3.63) is 39.6 Å². The van der Waals surface area contributed by atoms with Gasteiger partial charge < -0.3 is 5.11 Å². The summed E-state index contributed by atoms with van der Waals surface area (Å²) in [7, 11) is 0. The molecule has 0 aromatic carbocycles. The van der Waals surface area contributed by atoms with E-state index in [0.717, 1.165) is 15.7 Å². The molecule has 0 saturated carbocycles. The Labute approximate surface area is 135 Å². The van der Waals surface area contributed by atoms with E-state index < -0.39 is 5.97 Å². The van der Waals surface area contributed by atoms with Gasteiger partial charge in [0.15, 0.2) is 0 Å². The van der Waals surface area contributed by atoms with Gasteiger partial charge in [-0.05, 0) is 58.2 Å². The van der Waals surface area contributed by atoms with E-state index in [1.807, 2.05) is 19.9 Å². The maximum atomic E-state index is 11.6. The van der Waals surface area contributed by atoms with Crippen LogP contribution in [0.15, 0.2) is 32.9 Å². The molecule has 0 aliphatic heterocycles. The summed E-state index contributed by atoms with van der Waals surface area (Å²) in [6.45, 7) is 3.87. The first-order valence-electron chi connectivity index (χ1n) is 6.47. The van der Waals surface area contributed by atoms with Crippen LogP contribution in [-0.2, 0) is 12.8 Å². The normalized spacial score (nSPS) is 10.6. The Morgan fingerprint density at radius 2 is 2.05 bits per heavy atom. The van der Waals surface area contributed by atoms with Gasteiger partial charge in [0.05, 0.1) is 11.3 Å². The number of hydrogen-bond donors (Lipinski definition) is 1. The summed E-state index contributed by atoms with van der Waals surface area (Å²) in [5.74, 6) is -0.976. The van der Waals surface area contributed by atoms with E-state index in [-0.39, 0.29) is 5.56 Å². The van der Waals surface area contributed by atoms with Gasteiger partial charge in [-0.25, -0.2) is 9.78 Å². The summed E-state index contributed by atoms with van der Waals surface area (Å²) in [5, 5.41) is 18.8. The molecule has 0 saturated heterocycles. The molecular weight excluding hydrogens is 354 g/mol. The largest absolute Gasteiger partial charge is 0.478 e. The lowest BCUT2D eigenvalue weighted by atomic mass is 10.0. The minimum Gasteiger partial charge on any atom is -0.478 e. The van der Waals surface area contributed by atoms with Crippen molar-refractivity contribution in [2.24, 2.45) is 0 Å². The Morgan fingerprint density at radius 3 is 2.57 bits per heavy atom. The molecule has 2 heterocycles. The van der Waals surface area contributed by atoms with Gasteiger partial charge in [0, 0.05) is 10.7 Å². The highest BCUT2D eigenvalue weighted by atomic mass is 79.9. The van der Waals surface area contributed by atoms with E-state index in [2.05, 4.69) is 31.1 Å². The monoisotopic (exact) mass is 367 g/mol. The zero-order valence-electron chi connectivity index (χ0n) is 11.6. The Kier molecular flexibility index (Phi) is 5.30. The first-order valence-corrected chi connectivity index (χ1v) is 8.08. The molecule has 7 heteroatoms. The second-order valence-electron chi connectivity index (χ2n) is 4.23. The van der Waals surface area contributed by atoms with Crippen molar-refractivity contribution in [1.29, 1.82) is 0 Å². The summed E-state index contributed by atoms with van der Waals surface area (Å²) in [6, 6.07) is 3.66. The number of aromatic nitrogens is 3. The number of carboxylic acid groups (broad SMARTS) is 1. The second kappa shape index (κ2) is 7.00. The first-order chi connectivity index (χ1) is 10.1. The molecule has 2 rings (SSSR count). The average molecular weight is 368 g/mol. The quantitative estimate of drug-likeness (QED) is 0.869. The number of carbonyl (C=O) groups is 1. The highest BCUT2D eigenvalue weighted by molar-refractivity contribution is 9.10. The molecule has 0 aliphatic rings. The van der Waals surface area contributed by atoms with Crippen LogP contribution in [0, 0.1) is 0 Å². The van der Waals surface area contributed by atoms with Gasteiger partial charge in [-0.15, -0.1) is 5.10 Å². The molecule has 2 aromatic heterocycles. The van der Waals surface area contributed by atoms with Crippen LogP contribution in [0.2, 0.25) is 0 Å². The van der Waals surface area contributed by atoms with Crippen LogP contribution in [-0.4, -0.2) is 26.3 Å². The lowest BCUT2D eigenvalue weighted by Gasteiger charge is -2.11. The number of aromatic carboxylic acids is 1. The Hall–Kier alpha value is -1.47. The SMILES string of the molecule is CCc1nnc(Sc2ccc(Br)cn2)c(C(=O)O)c1CC. The predicted molar refractivity (Wildman–Crippen MR) is 83.8 cm³/mol. The molecule has 0 spiro atoms. The van der Waals surface area contributed by atoms with Crippen molar-refractivity contribution in [3.63, 3.8) is 0 Å². The van der Waals surface area contributed by atoms with Crippen LogP contribution in [0.3, 0.4) is 0 Å². The fourth-order valence-corrected chi connectivity index (χ4v) is 3.04. The maximum Gasteiger partial charge on any atom is 0.338 e. The van der Waals surface area contributed by atoms with Crippen molar-refractivity contribution in [2.45, 2.75) is 36.7 Å². The molecule has 0 radical (unpaired) electrons. The van der Waals surface area contributed by atoms with Crippen molar-refractivity contribution < 1.29 is 9.90 Å². The number of nitrogens with zero attached hydrogens (tertiary/aromatic N) is 3. The van der Waals surface area contributed by atoms with Crippen LogP contribution in [0.4, 0.5) is 0 Å². The van der Waals surface area contributed by atoms with Crippen molar-refractivity contribution in [2.75, 3.05) is 0 Å². The third kappa shape index (κ3) is 3.59. The minimum absolute atomic E-state index is 0.235. The second-order valence-corrected chi connectivity index (χ2v) is 6.16. The number of carboxylic acids is 1. The van der Waals surface area contributed by atoms with Crippen molar-refractivity contribution >= 4 is 33.7 Å². The van der Waals surface area contributed by atoms with Gasteiger partial charge in [0.2, 0.25) is 0 Å². The van der Waals surface area contributed by atoms with Gasteiger partial charge in [0.25, 0.3) is 0 Å². The first kappa shape index (κ1) is 15.9. The molecule has 2 aromatic rings. The highest BCUT2D eigenvalue weighted by Crippen LogP contribution is 2.30. The van der Waals surface area contributed by atoms with E-state index in [0.29, 0.717) is 22.9 Å². The van der Waals surface area contributed by atoms with Crippen LogP contribution >= 0.6 is 27.7 Å². The average Bonchev–Trinajstić information content (AvgIpc) is 2.48.